The second-order valence-corrected chi connectivity index (χ2v) is 7.80. The minimum absolute atomic E-state index is 0. The summed E-state index contributed by atoms with van der Waals surface area (Å²) in [5.41, 5.74) is 2.48. The van der Waals surface area contributed by atoms with Crippen LogP contribution in [-0.2, 0) is 4.79 Å². The van der Waals surface area contributed by atoms with Gasteiger partial charge in [0.25, 0.3) is 0 Å². The maximum absolute atomic E-state index is 12.7. The fraction of sp³-hybridized carbons (Fsp3) is 0.450. The Hall–Kier alpha value is -1.36. The molecule has 25 heavy (non-hydrogen) atoms. The molecule has 2 aromatic rings. The Morgan fingerprint density at radius 3 is 2.48 bits per heavy atom. The van der Waals surface area contributed by atoms with E-state index in [4.69, 9.17) is 0 Å². The smallest absolute Gasteiger partial charge is 0.225 e. The molecule has 0 aliphatic carbocycles. The van der Waals surface area contributed by atoms with E-state index in [1.54, 1.807) is 11.3 Å². The first-order valence-corrected chi connectivity index (χ1v) is 9.67. The average molecular weight is 379 g/mol. The highest BCUT2D eigenvalue weighted by molar-refractivity contribution is 7.10. The van der Waals surface area contributed by atoms with E-state index in [1.807, 2.05) is 6.07 Å². The molecule has 1 aliphatic heterocycles. The third-order valence-corrected chi connectivity index (χ3v) is 5.66. The first-order valence-electron chi connectivity index (χ1n) is 8.79. The highest BCUT2D eigenvalue weighted by atomic mass is 35.5. The fourth-order valence-electron chi connectivity index (χ4n) is 3.18. The van der Waals surface area contributed by atoms with Gasteiger partial charge >= 0.3 is 0 Å². The summed E-state index contributed by atoms with van der Waals surface area (Å²) in [6.07, 6.45) is 2.05. The first-order chi connectivity index (χ1) is 11.6. The van der Waals surface area contributed by atoms with E-state index >= 15 is 0 Å². The number of benzene rings is 1. The van der Waals surface area contributed by atoms with Crippen LogP contribution in [0.15, 0.2) is 41.8 Å². The lowest BCUT2D eigenvalue weighted by Gasteiger charge is -2.25. The van der Waals surface area contributed by atoms with Crippen molar-refractivity contribution in [1.82, 2.24) is 10.6 Å². The van der Waals surface area contributed by atoms with Crippen molar-refractivity contribution < 1.29 is 4.79 Å². The van der Waals surface area contributed by atoms with Crippen molar-refractivity contribution in [1.29, 1.82) is 0 Å². The molecule has 1 amide bonds. The number of piperidine rings is 1. The first kappa shape index (κ1) is 20.0. The van der Waals surface area contributed by atoms with E-state index in [-0.39, 0.29) is 30.3 Å². The fourth-order valence-corrected chi connectivity index (χ4v) is 3.99. The predicted octanol–water partition coefficient (Wildman–Crippen LogP) is 4.50. The minimum atomic E-state index is -0.0550. The third kappa shape index (κ3) is 5.06. The quantitative estimate of drug-likeness (QED) is 0.804. The van der Waals surface area contributed by atoms with Gasteiger partial charge < -0.3 is 10.6 Å². The molecule has 1 aromatic carbocycles. The number of carbonyl (C=O) groups is 1. The van der Waals surface area contributed by atoms with Crippen molar-refractivity contribution in [3.63, 3.8) is 0 Å². The SMILES string of the molecule is CC(C)c1ccc(C(NC(=O)C2CCCNC2)c2cccs2)cc1.Cl. The summed E-state index contributed by atoms with van der Waals surface area (Å²) in [5, 5.41) is 8.68. The number of amides is 1. The molecule has 5 heteroatoms. The van der Waals surface area contributed by atoms with Crippen molar-refractivity contribution >= 4 is 29.7 Å². The van der Waals surface area contributed by atoms with Crippen molar-refractivity contribution in [3.05, 3.63) is 57.8 Å². The van der Waals surface area contributed by atoms with Gasteiger partial charge in [-0.25, -0.2) is 0 Å². The van der Waals surface area contributed by atoms with Crippen molar-refractivity contribution in [2.45, 2.75) is 38.6 Å². The molecule has 0 saturated carbocycles. The molecule has 2 heterocycles. The van der Waals surface area contributed by atoms with Crippen molar-refractivity contribution in [3.8, 4) is 0 Å². The Balaban J connectivity index is 0.00000225. The lowest BCUT2D eigenvalue weighted by molar-refractivity contribution is -0.126. The van der Waals surface area contributed by atoms with Crippen LogP contribution in [0.4, 0.5) is 0 Å². The summed E-state index contributed by atoms with van der Waals surface area (Å²) < 4.78 is 0. The van der Waals surface area contributed by atoms with Gasteiger partial charge in [0.05, 0.1) is 12.0 Å². The van der Waals surface area contributed by atoms with E-state index in [0.717, 1.165) is 31.5 Å². The molecule has 1 saturated heterocycles. The summed E-state index contributed by atoms with van der Waals surface area (Å²) in [5.74, 6) is 0.756. The normalized spacial score (nSPS) is 18.4. The zero-order chi connectivity index (χ0) is 16.9. The van der Waals surface area contributed by atoms with Gasteiger partial charge in [-0.1, -0.05) is 44.2 Å². The van der Waals surface area contributed by atoms with Crippen molar-refractivity contribution in [2.24, 2.45) is 5.92 Å². The van der Waals surface area contributed by atoms with Crippen LogP contribution in [0.1, 0.15) is 54.7 Å². The van der Waals surface area contributed by atoms with E-state index < -0.39 is 0 Å². The van der Waals surface area contributed by atoms with Gasteiger partial charge in [-0.15, -0.1) is 23.7 Å². The largest absolute Gasteiger partial charge is 0.344 e. The molecule has 3 nitrogen and oxygen atoms in total. The van der Waals surface area contributed by atoms with Gasteiger partial charge in [-0.2, -0.15) is 0 Å². The molecule has 1 aromatic heterocycles. The highest BCUT2D eigenvalue weighted by Crippen LogP contribution is 2.28. The molecular formula is C20H27ClN2OS. The Morgan fingerprint density at radius 2 is 1.92 bits per heavy atom. The molecule has 0 bridgehead atoms. The molecule has 0 spiro atoms. The Bertz CT molecular complexity index is 649. The van der Waals surface area contributed by atoms with Crippen LogP contribution in [0, 0.1) is 5.92 Å². The van der Waals surface area contributed by atoms with Gasteiger partial charge in [-0.05, 0) is 47.9 Å². The standard InChI is InChI=1S/C20H26N2OS.ClH/c1-14(2)15-7-9-16(10-8-15)19(18-6-4-12-24-18)22-20(23)17-5-3-11-21-13-17;/h4,6-10,12,14,17,19,21H,3,5,11,13H2,1-2H3,(H,22,23);1H. The summed E-state index contributed by atoms with van der Waals surface area (Å²) in [6, 6.07) is 12.7. The van der Waals surface area contributed by atoms with Gasteiger partial charge in [0.2, 0.25) is 5.91 Å². The van der Waals surface area contributed by atoms with E-state index in [0.29, 0.717) is 5.92 Å². The zero-order valence-corrected chi connectivity index (χ0v) is 16.5. The van der Waals surface area contributed by atoms with E-state index in [2.05, 4.69) is 60.2 Å². The third-order valence-electron chi connectivity index (χ3n) is 4.72. The number of carbonyl (C=O) groups excluding carboxylic acids is 1. The van der Waals surface area contributed by atoms with Gasteiger partial charge in [-0.3, -0.25) is 4.79 Å². The average Bonchev–Trinajstić information content (AvgIpc) is 3.14. The summed E-state index contributed by atoms with van der Waals surface area (Å²) in [7, 11) is 0. The van der Waals surface area contributed by atoms with Gasteiger partial charge in [0, 0.05) is 11.4 Å². The summed E-state index contributed by atoms with van der Waals surface area (Å²) >= 11 is 1.69. The number of halogens is 1. The summed E-state index contributed by atoms with van der Waals surface area (Å²) in [6.45, 7) is 6.21. The molecule has 1 aliphatic rings. The molecule has 0 radical (unpaired) electrons. The van der Waals surface area contributed by atoms with Gasteiger partial charge in [0.15, 0.2) is 0 Å². The molecular weight excluding hydrogens is 352 g/mol. The van der Waals surface area contributed by atoms with Crippen LogP contribution in [0.25, 0.3) is 0 Å². The Morgan fingerprint density at radius 1 is 1.20 bits per heavy atom. The van der Waals surface area contributed by atoms with Gasteiger partial charge in [0.1, 0.15) is 0 Å². The molecule has 3 rings (SSSR count). The lowest BCUT2D eigenvalue weighted by Crippen LogP contribution is -2.41. The van der Waals surface area contributed by atoms with Crippen LogP contribution in [0.5, 0.6) is 0 Å². The van der Waals surface area contributed by atoms with Crippen LogP contribution in [0.2, 0.25) is 0 Å². The summed E-state index contributed by atoms with van der Waals surface area (Å²) in [4.78, 5) is 13.9. The minimum Gasteiger partial charge on any atom is -0.344 e. The molecule has 1 fully saturated rings. The molecule has 136 valence electrons. The van der Waals surface area contributed by atoms with E-state index in [1.165, 1.54) is 10.4 Å². The molecule has 2 N–H and O–H groups in total. The number of hydrogen-bond acceptors (Lipinski definition) is 3. The van der Waals surface area contributed by atoms with Crippen LogP contribution < -0.4 is 10.6 Å². The second-order valence-electron chi connectivity index (χ2n) is 6.82. The van der Waals surface area contributed by atoms with Crippen LogP contribution >= 0.6 is 23.7 Å². The topological polar surface area (TPSA) is 41.1 Å². The number of thiophene rings is 1. The number of hydrogen-bond donors (Lipinski definition) is 2. The predicted molar refractivity (Wildman–Crippen MR) is 108 cm³/mol. The zero-order valence-electron chi connectivity index (χ0n) is 14.8. The number of nitrogens with one attached hydrogen (secondary N) is 2. The van der Waals surface area contributed by atoms with Crippen LogP contribution in [-0.4, -0.2) is 19.0 Å². The monoisotopic (exact) mass is 378 g/mol. The lowest BCUT2D eigenvalue weighted by atomic mass is 9.96. The Labute approximate surface area is 160 Å². The van der Waals surface area contributed by atoms with Crippen LogP contribution in [0.3, 0.4) is 0 Å². The molecule has 2 unspecified atom stereocenters. The van der Waals surface area contributed by atoms with E-state index in [9.17, 15) is 4.79 Å². The maximum atomic E-state index is 12.7. The number of rotatable bonds is 5. The Kier molecular flexibility index (Phi) is 7.48. The molecule has 2 atom stereocenters. The maximum Gasteiger partial charge on any atom is 0.225 e. The highest BCUT2D eigenvalue weighted by Gasteiger charge is 2.25. The van der Waals surface area contributed by atoms with Crippen molar-refractivity contribution in [2.75, 3.05) is 13.1 Å². The second kappa shape index (κ2) is 9.37.